The molecule has 1 aliphatic heterocycles. The lowest BCUT2D eigenvalue weighted by Gasteiger charge is -2.22. The molecule has 6 nitrogen and oxygen atoms in total. The van der Waals surface area contributed by atoms with Crippen LogP contribution < -0.4 is 5.56 Å². The van der Waals surface area contributed by atoms with Crippen molar-refractivity contribution in [1.29, 1.82) is 0 Å². The van der Waals surface area contributed by atoms with E-state index in [2.05, 4.69) is 0 Å². The smallest absolute Gasteiger partial charge is 0.256 e. The van der Waals surface area contributed by atoms with Crippen molar-refractivity contribution in [1.82, 2.24) is 14.4 Å². The van der Waals surface area contributed by atoms with Crippen molar-refractivity contribution in [3.63, 3.8) is 0 Å². The number of halogens is 1. The molecule has 136 valence electrons. The molecule has 1 aromatic carbocycles. The van der Waals surface area contributed by atoms with E-state index in [1.54, 1.807) is 40.3 Å². The first-order valence-corrected chi connectivity index (χ1v) is 8.53. The predicted molar refractivity (Wildman–Crippen MR) is 94.2 cm³/mol. The number of benzene rings is 1. The van der Waals surface area contributed by atoms with Gasteiger partial charge in [-0.3, -0.25) is 14.4 Å². The summed E-state index contributed by atoms with van der Waals surface area (Å²) in [5.74, 6) is -1.08. The minimum atomic E-state index is -0.543. The monoisotopic (exact) mass is 357 g/mol. The molecule has 7 heteroatoms. The van der Waals surface area contributed by atoms with E-state index in [0.29, 0.717) is 32.6 Å². The van der Waals surface area contributed by atoms with E-state index < -0.39 is 5.82 Å². The average molecular weight is 357 g/mol. The average Bonchev–Trinajstić information content (AvgIpc) is 2.90. The van der Waals surface area contributed by atoms with Gasteiger partial charge in [0.1, 0.15) is 12.4 Å². The van der Waals surface area contributed by atoms with Crippen LogP contribution in [0.15, 0.2) is 53.5 Å². The summed E-state index contributed by atoms with van der Waals surface area (Å²) in [6.07, 6.45) is 2.18. The third-order valence-electron chi connectivity index (χ3n) is 4.44. The molecule has 0 bridgehead atoms. The van der Waals surface area contributed by atoms with Crippen LogP contribution in [0, 0.1) is 5.82 Å². The maximum atomic E-state index is 13.8. The summed E-state index contributed by atoms with van der Waals surface area (Å²) in [5.41, 5.74) is -0.185. The molecular formula is C19H20FN3O3. The highest BCUT2D eigenvalue weighted by Gasteiger charge is 2.24. The van der Waals surface area contributed by atoms with Crippen molar-refractivity contribution in [2.75, 3.05) is 26.2 Å². The van der Waals surface area contributed by atoms with Gasteiger partial charge in [0.15, 0.2) is 0 Å². The highest BCUT2D eigenvalue weighted by atomic mass is 19.1. The number of rotatable bonds is 3. The van der Waals surface area contributed by atoms with Crippen LogP contribution in [0.5, 0.6) is 0 Å². The number of aromatic nitrogens is 1. The Morgan fingerprint density at radius 3 is 2.38 bits per heavy atom. The normalized spacial score (nSPS) is 14.8. The van der Waals surface area contributed by atoms with Gasteiger partial charge in [0.2, 0.25) is 5.91 Å². The Bertz CT molecular complexity index is 865. The van der Waals surface area contributed by atoms with E-state index in [1.165, 1.54) is 22.8 Å². The molecule has 3 rings (SSSR count). The highest BCUT2D eigenvalue weighted by Crippen LogP contribution is 2.13. The summed E-state index contributed by atoms with van der Waals surface area (Å²) >= 11 is 0. The van der Waals surface area contributed by atoms with Gasteiger partial charge in [0.05, 0.1) is 5.56 Å². The lowest BCUT2D eigenvalue weighted by Crippen LogP contribution is -2.39. The molecule has 0 atom stereocenters. The molecule has 0 saturated carbocycles. The predicted octanol–water partition coefficient (Wildman–Crippen LogP) is 1.36. The largest absolute Gasteiger partial charge is 0.339 e. The first-order valence-electron chi connectivity index (χ1n) is 8.53. The fourth-order valence-electron chi connectivity index (χ4n) is 3.01. The first kappa shape index (κ1) is 17.8. The fourth-order valence-corrected chi connectivity index (χ4v) is 3.01. The van der Waals surface area contributed by atoms with Crippen LogP contribution in [0.25, 0.3) is 0 Å². The van der Waals surface area contributed by atoms with E-state index in [4.69, 9.17) is 0 Å². The van der Waals surface area contributed by atoms with Gasteiger partial charge in [-0.05, 0) is 24.6 Å². The third kappa shape index (κ3) is 3.99. The molecule has 1 saturated heterocycles. The van der Waals surface area contributed by atoms with Gasteiger partial charge in [-0.2, -0.15) is 0 Å². The second-order valence-electron chi connectivity index (χ2n) is 6.17. The minimum Gasteiger partial charge on any atom is -0.339 e. The van der Waals surface area contributed by atoms with E-state index in [9.17, 15) is 18.8 Å². The van der Waals surface area contributed by atoms with E-state index in [-0.39, 0.29) is 29.5 Å². The molecule has 2 amide bonds. The van der Waals surface area contributed by atoms with Crippen LogP contribution in [-0.2, 0) is 11.3 Å². The third-order valence-corrected chi connectivity index (χ3v) is 4.44. The van der Waals surface area contributed by atoms with Crippen LogP contribution in [0.1, 0.15) is 16.8 Å². The lowest BCUT2D eigenvalue weighted by molar-refractivity contribution is -0.131. The summed E-state index contributed by atoms with van der Waals surface area (Å²) in [6, 6.07) is 10.6. The Balaban J connectivity index is 1.64. The molecule has 0 N–H and O–H groups in total. The Labute approximate surface area is 150 Å². The Morgan fingerprint density at radius 1 is 0.923 bits per heavy atom. The second kappa shape index (κ2) is 7.95. The molecule has 0 unspecified atom stereocenters. The van der Waals surface area contributed by atoms with E-state index >= 15 is 0 Å². The molecule has 2 aromatic rings. The van der Waals surface area contributed by atoms with Gasteiger partial charge < -0.3 is 14.4 Å². The molecule has 2 heterocycles. The zero-order chi connectivity index (χ0) is 18.5. The minimum absolute atomic E-state index is 0.0269. The van der Waals surface area contributed by atoms with Gasteiger partial charge in [-0.1, -0.05) is 18.2 Å². The molecule has 1 aliphatic rings. The first-order chi connectivity index (χ1) is 12.6. The van der Waals surface area contributed by atoms with E-state index in [0.717, 1.165) is 0 Å². The SMILES string of the molecule is O=C(Cn1ccccc1=O)N1CCCN(C(=O)c2ccccc2F)CC1. The van der Waals surface area contributed by atoms with Crippen LogP contribution in [0.2, 0.25) is 0 Å². The zero-order valence-electron chi connectivity index (χ0n) is 14.3. The maximum absolute atomic E-state index is 13.8. The number of hydrogen-bond donors (Lipinski definition) is 0. The number of carbonyl (C=O) groups excluding carboxylic acids is 2. The topological polar surface area (TPSA) is 62.6 Å². The summed E-state index contributed by atoms with van der Waals surface area (Å²) in [4.78, 5) is 40.0. The number of carbonyl (C=O) groups is 2. The molecule has 0 radical (unpaired) electrons. The quantitative estimate of drug-likeness (QED) is 0.833. The highest BCUT2D eigenvalue weighted by molar-refractivity contribution is 5.94. The van der Waals surface area contributed by atoms with Crippen molar-refractivity contribution in [3.05, 3.63) is 70.4 Å². The van der Waals surface area contributed by atoms with Gasteiger partial charge in [0.25, 0.3) is 11.5 Å². The number of amides is 2. The van der Waals surface area contributed by atoms with Crippen molar-refractivity contribution in [3.8, 4) is 0 Å². The molecule has 0 aliphatic carbocycles. The van der Waals surface area contributed by atoms with Gasteiger partial charge in [-0.25, -0.2) is 4.39 Å². The van der Waals surface area contributed by atoms with E-state index in [1.807, 2.05) is 0 Å². The van der Waals surface area contributed by atoms with Crippen molar-refractivity contribution < 1.29 is 14.0 Å². The Morgan fingerprint density at radius 2 is 1.62 bits per heavy atom. The van der Waals surface area contributed by atoms with Gasteiger partial charge in [0, 0.05) is 38.4 Å². The van der Waals surface area contributed by atoms with Crippen molar-refractivity contribution >= 4 is 11.8 Å². The number of pyridine rings is 1. The molecule has 1 aromatic heterocycles. The fraction of sp³-hybridized carbons (Fsp3) is 0.316. The van der Waals surface area contributed by atoms with Crippen LogP contribution in [0.3, 0.4) is 0 Å². The summed E-state index contributed by atoms with van der Waals surface area (Å²) in [7, 11) is 0. The Kier molecular flexibility index (Phi) is 5.46. The number of nitrogens with zero attached hydrogens (tertiary/aromatic N) is 3. The second-order valence-corrected chi connectivity index (χ2v) is 6.17. The molecule has 0 spiro atoms. The molecule has 26 heavy (non-hydrogen) atoms. The van der Waals surface area contributed by atoms with Crippen molar-refractivity contribution in [2.24, 2.45) is 0 Å². The van der Waals surface area contributed by atoms with Gasteiger partial charge >= 0.3 is 0 Å². The van der Waals surface area contributed by atoms with Crippen LogP contribution in [-0.4, -0.2) is 52.4 Å². The molecule has 1 fully saturated rings. The summed E-state index contributed by atoms with van der Waals surface area (Å²) in [5, 5.41) is 0. The Hall–Kier alpha value is -2.96. The molecular weight excluding hydrogens is 337 g/mol. The number of hydrogen-bond acceptors (Lipinski definition) is 3. The van der Waals surface area contributed by atoms with Gasteiger partial charge in [-0.15, -0.1) is 0 Å². The van der Waals surface area contributed by atoms with Crippen LogP contribution >= 0.6 is 0 Å². The summed E-state index contributed by atoms with van der Waals surface area (Å²) in [6.45, 7) is 1.63. The summed E-state index contributed by atoms with van der Waals surface area (Å²) < 4.78 is 15.2. The zero-order valence-corrected chi connectivity index (χ0v) is 14.3. The standard InChI is InChI=1S/C19H20FN3O3/c20-16-7-2-1-6-15(16)19(26)22-11-5-10-21(12-13-22)18(25)14-23-9-4-3-8-17(23)24/h1-4,6-9H,5,10-14H2. The lowest BCUT2D eigenvalue weighted by atomic mass is 10.2. The maximum Gasteiger partial charge on any atom is 0.256 e. The van der Waals surface area contributed by atoms with Crippen molar-refractivity contribution in [2.45, 2.75) is 13.0 Å². The van der Waals surface area contributed by atoms with Crippen LogP contribution in [0.4, 0.5) is 4.39 Å².